The first-order chi connectivity index (χ1) is 3.65. The second kappa shape index (κ2) is 1.58. The van der Waals surface area contributed by atoms with Gasteiger partial charge in [-0.3, -0.25) is 0 Å². The van der Waals surface area contributed by atoms with Crippen LogP contribution in [0.2, 0.25) is 0 Å². The highest BCUT2D eigenvalue weighted by molar-refractivity contribution is 7.74. The van der Waals surface area contributed by atoms with Crippen LogP contribution in [-0.2, 0) is 10.7 Å². The van der Waals surface area contributed by atoms with Crippen molar-refractivity contribution in [3.05, 3.63) is 19.1 Å². The Kier molecular flexibility index (Phi) is 1.15. The molecule has 45 valence electrons. The molecule has 0 N–H and O–H groups in total. The van der Waals surface area contributed by atoms with Gasteiger partial charge in [-0.15, -0.1) is 0 Å². The van der Waals surface area contributed by atoms with Gasteiger partial charge in [-0.2, -0.15) is 0 Å². The van der Waals surface area contributed by atoms with E-state index in [1.54, 1.807) is 12.2 Å². The second-order valence-corrected chi connectivity index (χ2v) is 3.37. The van der Waals surface area contributed by atoms with Crippen LogP contribution in [0.25, 0.3) is 0 Å². The molecule has 0 aromatic rings. The highest BCUT2D eigenvalue weighted by atomic mass is 32.2. The summed E-state index contributed by atoms with van der Waals surface area (Å²) < 4.78 is 19.7. The second-order valence-electron chi connectivity index (χ2n) is 1.97. The van der Waals surface area contributed by atoms with Gasteiger partial charge in [0, 0.05) is 0 Å². The van der Waals surface area contributed by atoms with Crippen molar-refractivity contribution in [2.24, 2.45) is 0 Å². The predicted octanol–water partition coefficient (Wildman–Crippen LogP) is 0.131. The first-order valence-corrected chi connectivity index (χ1v) is 3.50. The van der Waals surface area contributed by atoms with Crippen molar-refractivity contribution >= 4 is 10.7 Å². The molecule has 0 aromatic heterocycles. The molecule has 2 nitrogen and oxygen atoms in total. The van der Waals surface area contributed by atoms with Gasteiger partial charge in [-0.1, -0.05) is 12.2 Å². The lowest BCUT2D eigenvalue weighted by molar-refractivity contribution is 0.587. The van der Waals surface area contributed by atoms with Crippen molar-refractivity contribution < 1.29 is 8.42 Å². The molecule has 0 amide bonds. The fourth-order valence-electron chi connectivity index (χ4n) is 0.525. The van der Waals surface area contributed by atoms with Crippen molar-refractivity contribution in [3.63, 3.8) is 0 Å². The van der Waals surface area contributed by atoms with Gasteiger partial charge in [0.05, 0.1) is 4.75 Å². The molecule has 1 radical (unpaired) electrons. The molecule has 0 aliphatic heterocycles. The first kappa shape index (κ1) is 5.82. The Balaban J connectivity index is 2.85. The minimum atomic E-state index is -2.35. The molecule has 1 aliphatic rings. The van der Waals surface area contributed by atoms with Crippen LogP contribution in [0.15, 0.2) is 12.2 Å². The van der Waals surface area contributed by atoms with Crippen LogP contribution in [0.5, 0.6) is 0 Å². The molecule has 0 bridgehead atoms. The molecule has 0 saturated heterocycles. The smallest absolute Gasteiger partial charge is 0.149 e. The average Bonchev–Trinajstić information content (AvgIpc) is 1.60. The summed E-state index contributed by atoms with van der Waals surface area (Å²) in [5, 5.41) is 0. The Morgan fingerprint density at radius 3 is 2.12 bits per heavy atom. The summed E-state index contributed by atoms with van der Waals surface area (Å²) in [6, 6.07) is 0. The minimum absolute atomic E-state index is 0.575. The van der Waals surface area contributed by atoms with E-state index in [2.05, 4.69) is 6.92 Å². The molecule has 0 saturated carbocycles. The number of hydrogen-bond acceptors (Lipinski definition) is 2. The van der Waals surface area contributed by atoms with Crippen LogP contribution in [-0.4, -0.2) is 13.2 Å². The molecular weight excluding hydrogens is 124 g/mol. The lowest BCUT2D eigenvalue weighted by atomic mass is 9.97. The highest BCUT2D eigenvalue weighted by Crippen LogP contribution is 2.24. The third-order valence-electron chi connectivity index (χ3n) is 1.26. The fraction of sp³-hybridized carbons (Fsp3) is 0.400. The zero-order chi connectivity index (χ0) is 6.20. The van der Waals surface area contributed by atoms with E-state index in [0.717, 1.165) is 0 Å². The Morgan fingerprint density at radius 2 is 2.12 bits per heavy atom. The highest BCUT2D eigenvalue weighted by Gasteiger charge is 2.28. The third kappa shape index (κ3) is 0.668. The van der Waals surface area contributed by atoms with E-state index in [4.69, 9.17) is 0 Å². The summed E-state index contributed by atoms with van der Waals surface area (Å²) in [4.78, 5) is 0. The Bertz CT molecular complexity index is 185. The summed E-state index contributed by atoms with van der Waals surface area (Å²) in [5.74, 6) is 0. The van der Waals surface area contributed by atoms with Crippen molar-refractivity contribution in [1.82, 2.24) is 0 Å². The topological polar surface area (TPSA) is 34.1 Å². The molecule has 0 spiro atoms. The number of thiol groups is 1. The van der Waals surface area contributed by atoms with Gasteiger partial charge in [-0.05, 0) is 13.3 Å². The molecule has 0 aromatic carbocycles. The van der Waals surface area contributed by atoms with E-state index in [1.165, 1.54) is 0 Å². The van der Waals surface area contributed by atoms with E-state index in [-0.39, 0.29) is 0 Å². The molecule has 0 heterocycles. The molecular formula is C5H7O2S. The van der Waals surface area contributed by atoms with Crippen LogP contribution in [0.3, 0.4) is 0 Å². The lowest BCUT2D eigenvalue weighted by Crippen LogP contribution is -2.28. The number of hydrogen-bond donors (Lipinski definition) is 1. The molecule has 1 unspecified atom stereocenters. The number of rotatable bonds is 1. The fourth-order valence-corrected chi connectivity index (χ4v) is 1.01. The molecule has 1 atom stereocenters. The molecule has 1 aliphatic carbocycles. The van der Waals surface area contributed by atoms with Crippen molar-refractivity contribution in [2.45, 2.75) is 11.2 Å². The standard InChI is InChI=1S/C5H7O2S/c1-5(8(6)7)3-2-4-5/h2-3,8H,1,4H2. The van der Waals surface area contributed by atoms with Crippen LogP contribution >= 0.6 is 0 Å². The van der Waals surface area contributed by atoms with Crippen LogP contribution in [0.4, 0.5) is 0 Å². The van der Waals surface area contributed by atoms with E-state index >= 15 is 0 Å². The molecule has 0 fully saturated rings. The SMILES string of the molecule is [CH2]C1([SH](=O)=O)C=CC1. The van der Waals surface area contributed by atoms with Gasteiger partial charge in [-0.25, -0.2) is 8.42 Å². The maximum atomic E-state index is 10.2. The Hall–Kier alpha value is -0.310. The summed E-state index contributed by atoms with van der Waals surface area (Å²) in [5.41, 5.74) is 0. The van der Waals surface area contributed by atoms with Gasteiger partial charge in [0.1, 0.15) is 10.7 Å². The van der Waals surface area contributed by atoms with Gasteiger partial charge >= 0.3 is 0 Å². The quantitative estimate of drug-likeness (QED) is 0.405. The maximum absolute atomic E-state index is 10.2. The van der Waals surface area contributed by atoms with E-state index in [1.807, 2.05) is 0 Å². The van der Waals surface area contributed by atoms with Gasteiger partial charge in [0.2, 0.25) is 0 Å². The zero-order valence-corrected chi connectivity index (χ0v) is 5.23. The Labute approximate surface area is 50.2 Å². The van der Waals surface area contributed by atoms with Gasteiger partial charge in [0.25, 0.3) is 0 Å². The summed E-state index contributed by atoms with van der Waals surface area (Å²) >= 11 is 0. The normalized spacial score (nSPS) is 35.2. The van der Waals surface area contributed by atoms with Gasteiger partial charge < -0.3 is 0 Å². The van der Waals surface area contributed by atoms with Crippen LogP contribution in [0.1, 0.15) is 6.42 Å². The molecule has 8 heavy (non-hydrogen) atoms. The average molecular weight is 131 g/mol. The minimum Gasteiger partial charge on any atom is -0.231 e. The zero-order valence-electron chi connectivity index (χ0n) is 4.33. The van der Waals surface area contributed by atoms with E-state index < -0.39 is 15.5 Å². The largest absolute Gasteiger partial charge is 0.231 e. The van der Waals surface area contributed by atoms with Gasteiger partial charge in [0.15, 0.2) is 0 Å². The first-order valence-electron chi connectivity index (χ1n) is 2.33. The van der Waals surface area contributed by atoms with Crippen molar-refractivity contribution in [3.8, 4) is 0 Å². The van der Waals surface area contributed by atoms with Crippen LogP contribution in [0, 0.1) is 6.92 Å². The summed E-state index contributed by atoms with van der Waals surface area (Å²) in [6.45, 7) is 3.49. The van der Waals surface area contributed by atoms with E-state index in [0.29, 0.717) is 6.42 Å². The predicted molar refractivity (Wildman–Crippen MR) is 32.2 cm³/mol. The molecule has 1 rings (SSSR count). The summed E-state index contributed by atoms with van der Waals surface area (Å²) in [7, 11) is -2.35. The third-order valence-corrected chi connectivity index (χ3v) is 2.32. The van der Waals surface area contributed by atoms with Crippen molar-refractivity contribution in [2.75, 3.05) is 0 Å². The monoisotopic (exact) mass is 131 g/mol. The Morgan fingerprint density at radius 1 is 1.62 bits per heavy atom. The van der Waals surface area contributed by atoms with Crippen molar-refractivity contribution in [1.29, 1.82) is 0 Å². The summed E-state index contributed by atoms with van der Waals surface area (Å²) in [6.07, 6.45) is 3.99. The van der Waals surface area contributed by atoms with E-state index in [9.17, 15) is 8.42 Å². The maximum Gasteiger partial charge on any atom is 0.149 e. The lowest BCUT2D eigenvalue weighted by Gasteiger charge is -2.23. The number of allylic oxidation sites excluding steroid dienone is 1. The molecule has 3 heteroatoms. The van der Waals surface area contributed by atoms with Crippen LogP contribution < -0.4 is 0 Å².